The molecule has 1 unspecified atom stereocenters. The molecule has 4 nitrogen and oxygen atoms in total. The number of hydrogen-bond acceptors (Lipinski definition) is 4. The second-order valence-corrected chi connectivity index (χ2v) is 3.59. The van der Waals surface area contributed by atoms with Crippen molar-refractivity contribution in [3.8, 4) is 11.9 Å². The van der Waals surface area contributed by atoms with Crippen LogP contribution in [0.2, 0.25) is 0 Å². The third-order valence-corrected chi connectivity index (χ3v) is 2.44. The summed E-state index contributed by atoms with van der Waals surface area (Å²) in [7, 11) is 0. The molecule has 1 aromatic heterocycles. The monoisotopic (exact) mass is 269 g/mol. The smallest absolute Gasteiger partial charge is 0.216 e. The number of halogens is 1. The van der Waals surface area contributed by atoms with Gasteiger partial charge in [-0.05, 0) is 13.8 Å². The summed E-state index contributed by atoms with van der Waals surface area (Å²) in [5.41, 5.74) is 0.699. The Labute approximate surface area is 97.4 Å². The van der Waals surface area contributed by atoms with Crippen LogP contribution >= 0.6 is 15.9 Å². The van der Waals surface area contributed by atoms with Crippen molar-refractivity contribution >= 4 is 15.9 Å². The van der Waals surface area contributed by atoms with E-state index in [4.69, 9.17) is 10.00 Å². The van der Waals surface area contributed by atoms with Gasteiger partial charge in [-0.15, -0.1) is 0 Å². The number of nitrogens with zero attached hydrogens (tertiary/aromatic N) is 3. The molecule has 0 aliphatic heterocycles. The summed E-state index contributed by atoms with van der Waals surface area (Å²) in [4.78, 5) is 8.33. The number of nitriles is 1. The summed E-state index contributed by atoms with van der Waals surface area (Å²) < 4.78 is 5.29. The van der Waals surface area contributed by atoms with E-state index in [2.05, 4.69) is 32.0 Å². The van der Waals surface area contributed by atoms with Crippen molar-refractivity contribution in [3.63, 3.8) is 0 Å². The fourth-order valence-electron chi connectivity index (χ4n) is 1.14. The highest BCUT2D eigenvalue weighted by Crippen LogP contribution is 2.19. The molecule has 80 valence electrons. The van der Waals surface area contributed by atoms with Gasteiger partial charge in [-0.3, -0.25) is 0 Å². The highest BCUT2D eigenvalue weighted by molar-refractivity contribution is 9.09. The molecule has 0 saturated heterocycles. The van der Waals surface area contributed by atoms with Gasteiger partial charge in [-0.1, -0.05) is 15.9 Å². The Hall–Kier alpha value is -1.15. The fraction of sp³-hybridized carbons (Fsp3) is 0.500. The number of aromatic nitrogens is 2. The number of rotatable bonds is 4. The summed E-state index contributed by atoms with van der Waals surface area (Å²) in [5.74, 6) is 0.893. The predicted molar refractivity (Wildman–Crippen MR) is 60.1 cm³/mol. The summed E-state index contributed by atoms with van der Waals surface area (Å²) in [6.45, 7) is 4.24. The Bertz CT molecular complexity index is 375. The Kier molecular flexibility index (Phi) is 4.50. The highest BCUT2D eigenvalue weighted by Gasteiger charge is 2.13. The first kappa shape index (κ1) is 11.9. The maximum atomic E-state index is 8.91. The van der Waals surface area contributed by atoms with Crippen LogP contribution < -0.4 is 4.74 Å². The summed E-state index contributed by atoms with van der Waals surface area (Å²) in [6, 6.07) is 3.89. The number of ether oxygens (including phenoxy) is 1. The minimum absolute atomic E-state index is 0.258. The van der Waals surface area contributed by atoms with Crippen molar-refractivity contribution in [1.82, 2.24) is 9.97 Å². The third kappa shape index (κ3) is 3.17. The van der Waals surface area contributed by atoms with E-state index in [1.807, 2.05) is 6.92 Å². The average molecular weight is 270 g/mol. The maximum Gasteiger partial charge on any atom is 0.216 e. The second kappa shape index (κ2) is 5.66. The van der Waals surface area contributed by atoms with Crippen LogP contribution in [0.4, 0.5) is 0 Å². The molecule has 0 radical (unpaired) electrons. The zero-order valence-corrected chi connectivity index (χ0v) is 10.3. The highest BCUT2D eigenvalue weighted by atomic mass is 79.9. The lowest BCUT2D eigenvalue weighted by molar-refractivity contribution is 0.324. The number of hydrogen-bond donors (Lipinski definition) is 0. The lowest BCUT2D eigenvalue weighted by Crippen LogP contribution is -2.05. The molecule has 0 N–H and O–H groups in total. The van der Waals surface area contributed by atoms with Gasteiger partial charge in [0, 0.05) is 11.4 Å². The van der Waals surface area contributed by atoms with E-state index < -0.39 is 0 Å². The van der Waals surface area contributed by atoms with Crippen LogP contribution in [0.1, 0.15) is 24.4 Å². The summed E-state index contributed by atoms with van der Waals surface area (Å²) >= 11 is 3.28. The molecular formula is C10H12BrN3O. The molecule has 1 heterocycles. The summed E-state index contributed by atoms with van der Waals surface area (Å²) in [5, 5.41) is 9.47. The summed E-state index contributed by atoms with van der Waals surface area (Å²) in [6.07, 6.45) is 0. The lowest BCUT2D eigenvalue weighted by atomic mass is 10.1. The van der Waals surface area contributed by atoms with Gasteiger partial charge in [0.15, 0.2) is 0 Å². The van der Waals surface area contributed by atoms with Gasteiger partial charge >= 0.3 is 0 Å². The zero-order chi connectivity index (χ0) is 11.3. The van der Waals surface area contributed by atoms with Crippen LogP contribution in [-0.2, 0) is 0 Å². The van der Waals surface area contributed by atoms with Crippen molar-refractivity contribution in [2.45, 2.75) is 19.8 Å². The van der Waals surface area contributed by atoms with E-state index in [9.17, 15) is 0 Å². The van der Waals surface area contributed by atoms with E-state index in [1.165, 1.54) is 0 Å². The number of aryl methyl sites for hydroxylation is 1. The third-order valence-electron chi connectivity index (χ3n) is 1.79. The van der Waals surface area contributed by atoms with Gasteiger partial charge in [-0.2, -0.15) is 10.2 Å². The Morgan fingerprint density at radius 1 is 1.60 bits per heavy atom. The molecule has 0 saturated carbocycles. The van der Waals surface area contributed by atoms with Crippen LogP contribution in [0, 0.1) is 18.3 Å². The molecular weight excluding hydrogens is 258 g/mol. The molecule has 0 aliphatic carbocycles. The van der Waals surface area contributed by atoms with Gasteiger partial charge in [0.2, 0.25) is 5.88 Å². The average Bonchev–Trinajstić information content (AvgIpc) is 2.19. The standard InChI is InChI=1S/C10H12BrN3O/c1-3-15-10-4-9(8(5-11)6-12)13-7(2)14-10/h4,8H,3,5H2,1-2H3. The molecule has 1 atom stereocenters. The van der Waals surface area contributed by atoms with Crippen LogP contribution in [0.3, 0.4) is 0 Å². The number of alkyl halides is 1. The quantitative estimate of drug-likeness (QED) is 0.787. The molecule has 1 aromatic rings. The minimum atomic E-state index is -0.258. The van der Waals surface area contributed by atoms with E-state index in [0.717, 1.165) is 0 Å². The Morgan fingerprint density at radius 3 is 2.87 bits per heavy atom. The van der Waals surface area contributed by atoms with Crippen LogP contribution in [0.15, 0.2) is 6.07 Å². The van der Waals surface area contributed by atoms with E-state index in [1.54, 1.807) is 13.0 Å². The lowest BCUT2D eigenvalue weighted by Gasteiger charge is -2.08. The zero-order valence-electron chi connectivity index (χ0n) is 8.70. The van der Waals surface area contributed by atoms with E-state index >= 15 is 0 Å². The first-order valence-corrected chi connectivity index (χ1v) is 5.77. The van der Waals surface area contributed by atoms with Crippen LogP contribution in [0.25, 0.3) is 0 Å². The molecule has 0 bridgehead atoms. The largest absolute Gasteiger partial charge is 0.478 e. The van der Waals surface area contributed by atoms with E-state index in [0.29, 0.717) is 29.3 Å². The molecule has 5 heteroatoms. The molecule has 0 aromatic carbocycles. The minimum Gasteiger partial charge on any atom is -0.478 e. The first-order chi connectivity index (χ1) is 7.21. The Balaban J connectivity index is 3.03. The second-order valence-electron chi connectivity index (χ2n) is 2.95. The molecule has 0 spiro atoms. The van der Waals surface area contributed by atoms with E-state index in [-0.39, 0.29) is 5.92 Å². The van der Waals surface area contributed by atoms with Gasteiger partial charge in [0.1, 0.15) is 5.82 Å². The first-order valence-electron chi connectivity index (χ1n) is 4.65. The van der Waals surface area contributed by atoms with Gasteiger partial charge in [-0.25, -0.2) is 4.98 Å². The maximum absolute atomic E-state index is 8.91. The van der Waals surface area contributed by atoms with Crippen molar-refractivity contribution < 1.29 is 4.74 Å². The molecule has 0 aliphatic rings. The van der Waals surface area contributed by atoms with Crippen molar-refractivity contribution in [2.75, 3.05) is 11.9 Å². The van der Waals surface area contributed by atoms with Gasteiger partial charge in [0.05, 0.1) is 24.3 Å². The normalized spacial score (nSPS) is 11.9. The molecule has 0 amide bonds. The van der Waals surface area contributed by atoms with Crippen molar-refractivity contribution in [3.05, 3.63) is 17.6 Å². The SMILES string of the molecule is CCOc1cc(C(C#N)CBr)nc(C)n1. The molecule has 15 heavy (non-hydrogen) atoms. The van der Waals surface area contributed by atoms with Gasteiger partial charge in [0.25, 0.3) is 0 Å². The van der Waals surface area contributed by atoms with Crippen molar-refractivity contribution in [1.29, 1.82) is 5.26 Å². The topological polar surface area (TPSA) is 58.8 Å². The fourth-order valence-corrected chi connectivity index (χ4v) is 1.62. The Morgan fingerprint density at radius 2 is 2.33 bits per heavy atom. The van der Waals surface area contributed by atoms with Gasteiger partial charge < -0.3 is 4.74 Å². The molecule has 0 fully saturated rings. The predicted octanol–water partition coefficient (Wildman–Crippen LogP) is 2.19. The van der Waals surface area contributed by atoms with Crippen LogP contribution in [0.5, 0.6) is 5.88 Å². The molecule has 1 rings (SSSR count). The van der Waals surface area contributed by atoms with Crippen molar-refractivity contribution in [2.24, 2.45) is 0 Å². The van der Waals surface area contributed by atoms with Crippen LogP contribution in [-0.4, -0.2) is 21.9 Å².